The van der Waals surface area contributed by atoms with Crippen molar-refractivity contribution < 1.29 is 4.79 Å². The Hall–Kier alpha value is -2.64. The molecule has 0 saturated heterocycles. The number of anilines is 1. The van der Waals surface area contributed by atoms with E-state index >= 15 is 0 Å². The summed E-state index contributed by atoms with van der Waals surface area (Å²) in [5.74, 6) is 5.55. The molecule has 0 aliphatic heterocycles. The summed E-state index contributed by atoms with van der Waals surface area (Å²) in [6, 6.07) is 7.40. The van der Waals surface area contributed by atoms with E-state index in [0.29, 0.717) is 17.8 Å². The normalized spacial score (nSPS) is 9.67. The minimum Gasteiger partial charge on any atom is -0.321 e. The lowest BCUT2D eigenvalue weighted by molar-refractivity contribution is 0.102. The van der Waals surface area contributed by atoms with Gasteiger partial charge in [-0.1, -0.05) is 17.9 Å². The van der Waals surface area contributed by atoms with Crippen molar-refractivity contribution in [2.24, 2.45) is 5.73 Å². The molecule has 2 rings (SSSR count). The fourth-order valence-electron chi connectivity index (χ4n) is 1.92. The molecule has 4 nitrogen and oxygen atoms in total. The smallest absolute Gasteiger partial charge is 0.256 e. The molecule has 0 fully saturated rings. The lowest BCUT2D eigenvalue weighted by atomic mass is 10.0. The number of rotatable bonds is 2. The third-order valence-corrected chi connectivity index (χ3v) is 2.95. The highest BCUT2D eigenvalue weighted by atomic mass is 16.1. The second kappa shape index (κ2) is 6.69. The third-order valence-electron chi connectivity index (χ3n) is 2.95. The van der Waals surface area contributed by atoms with Crippen molar-refractivity contribution in [1.29, 1.82) is 0 Å². The van der Waals surface area contributed by atoms with Crippen molar-refractivity contribution in [2.75, 3.05) is 11.9 Å². The van der Waals surface area contributed by atoms with E-state index in [1.54, 1.807) is 18.5 Å². The summed E-state index contributed by atoms with van der Waals surface area (Å²) in [6.07, 6.45) is 3.36. The van der Waals surface area contributed by atoms with E-state index in [2.05, 4.69) is 22.1 Å². The zero-order valence-corrected chi connectivity index (χ0v) is 12.1. The Balaban J connectivity index is 2.26. The SMILES string of the molecule is Cc1cncc(NC(=O)c2cc(C#CCN)ccc2C)c1. The zero-order chi connectivity index (χ0) is 15.2. The number of nitrogens with two attached hydrogens (primary N) is 1. The minimum absolute atomic E-state index is 0.170. The van der Waals surface area contributed by atoms with Gasteiger partial charge in [0.25, 0.3) is 5.91 Å². The maximum atomic E-state index is 12.4. The second-order valence-electron chi connectivity index (χ2n) is 4.74. The molecule has 4 heteroatoms. The summed E-state index contributed by atoms with van der Waals surface area (Å²) in [6.45, 7) is 4.12. The number of nitrogens with zero attached hydrogens (tertiary/aromatic N) is 1. The Labute approximate surface area is 124 Å². The fourth-order valence-corrected chi connectivity index (χ4v) is 1.92. The fraction of sp³-hybridized carbons (Fsp3) is 0.176. The minimum atomic E-state index is -0.170. The standard InChI is InChI=1S/C17H17N3O/c1-12-8-15(11-19-10-12)20-17(21)16-9-14(4-3-7-18)6-5-13(16)2/h5-6,8-11H,7,18H2,1-2H3,(H,20,21). The Kier molecular flexibility index (Phi) is 4.70. The first-order valence-corrected chi connectivity index (χ1v) is 6.63. The van der Waals surface area contributed by atoms with Crippen LogP contribution in [0.4, 0.5) is 5.69 Å². The lowest BCUT2D eigenvalue weighted by Gasteiger charge is -2.08. The van der Waals surface area contributed by atoms with Gasteiger partial charge in [-0.2, -0.15) is 0 Å². The van der Waals surface area contributed by atoms with Crippen molar-refractivity contribution >= 4 is 11.6 Å². The molecule has 0 aliphatic rings. The highest BCUT2D eigenvalue weighted by Crippen LogP contribution is 2.14. The van der Waals surface area contributed by atoms with Gasteiger partial charge >= 0.3 is 0 Å². The number of hydrogen-bond donors (Lipinski definition) is 2. The maximum absolute atomic E-state index is 12.4. The highest BCUT2D eigenvalue weighted by molar-refractivity contribution is 6.05. The van der Waals surface area contributed by atoms with Crippen molar-refractivity contribution in [3.63, 3.8) is 0 Å². The van der Waals surface area contributed by atoms with E-state index in [1.165, 1.54) is 0 Å². The number of aryl methyl sites for hydroxylation is 2. The first kappa shape index (κ1) is 14.8. The molecule has 0 spiro atoms. The van der Waals surface area contributed by atoms with Gasteiger partial charge in [0.1, 0.15) is 0 Å². The van der Waals surface area contributed by atoms with Crippen LogP contribution in [-0.4, -0.2) is 17.4 Å². The van der Waals surface area contributed by atoms with Crippen LogP contribution in [0.1, 0.15) is 27.0 Å². The van der Waals surface area contributed by atoms with Gasteiger partial charge in [-0.05, 0) is 43.2 Å². The predicted octanol–water partition coefficient (Wildman–Crippen LogP) is 2.26. The molecule has 0 atom stereocenters. The van der Waals surface area contributed by atoms with E-state index < -0.39 is 0 Å². The molecule has 106 valence electrons. The van der Waals surface area contributed by atoms with Gasteiger partial charge in [0, 0.05) is 17.3 Å². The predicted molar refractivity (Wildman–Crippen MR) is 84.0 cm³/mol. The second-order valence-corrected chi connectivity index (χ2v) is 4.74. The van der Waals surface area contributed by atoms with E-state index in [1.807, 2.05) is 32.0 Å². The van der Waals surface area contributed by atoms with E-state index in [-0.39, 0.29) is 5.91 Å². The van der Waals surface area contributed by atoms with Gasteiger partial charge < -0.3 is 11.1 Å². The van der Waals surface area contributed by atoms with Crippen LogP contribution in [0, 0.1) is 25.7 Å². The summed E-state index contributed by atoms with van der Waals surface area (Å²) in [5.41, 5.74) is 9.30. The van der Waals surface area contributed by atoms with Crippen molar-refractivity contribution in [3.8, 4) is 11.8 Å². The molecule has 1 amide bonds. The van der Waals surface area contributed by atoms with Crippen molar-refractivity contribution in [1.82, 2.24) is 4.98 Å². The number of carbonyl (C=O) groups is 1. The van der Waals surface area contributed by atoms with Crippen LogP contribution in [0.3, 0.4) is 0 Å². The average molecular weight is 279 g/mol. The first-order valence-electron chi connectivity index (χ1n) is 6.63. The molecule has 0 saturated carbocycles. The molecule has 0 bridgehead atoms. The van der Waals surface area contributed by atoms with Gasteiger partial charge in [0.05, 0.1) is 18.4 Å². The van der Waals surface area contributed by atoms with Crippen LogP contribution in [-0.2, 0) is 0 Å². The number of aromatic nitrogens is 1. The number of benzene rings is 1. The van der Waals surface area contributed by atoms with Crippen LogP contribution in [0.2, 0.25) is 0 Å². The van der Waals surface area contributed by atoms with Crippen LogP contribution in [0.5, 0.6) is 0 Å². The number of carbonyl (C=O) groups excluding carboxylic acids is 1. The summed E-state index contributed by atoms with van der Waals surface area (Å²) in [4.78, 5) is 16.4. The summed E-state index contributed by atoms with van der Waals surface area (Å²) >= 11 is 0. The van der Waals surface area contributed by atoms with Gasteiger partial charge in [0.2, 0.25) is 0 Å². The molecule has 0 aliphatic carbocycles. The Bertz CT molecular complexity index is 726. The summed E-state index contributed by atoms with van der Waals surface area (Å²) in [7, 11) is 0. The molecule has 3 N–H and O–H groups in total. The van der Waals surface area contributed by atoms with Crippen LogP contribution in [0.25, 0.3) is 0 Å². The Morgan fingerprint density at radius 3 is 2.81 bits per heavy atom. The van der Waals surface area contributed by atoms with E-state index in [0.717, 1.165) is 16.7 Å². The van der Waals surface area contributed by atoms with Gasteiger partial charge in [-0.25, -0.2) is 0 Å². The number of pyridine rings is 1. The number of amides is 1. The Morgan fingerprint density at radius 2 is 2.10 bits per heavy atom. The quantitative estimate of drug-likeness (QED) is 0.829. The molecule has 1 heterocycles. The van der Waals surface area contributed by atoms with Gasteiger partial charge in [-0.3, -0.25) is 9.78 Å². The first-order chi connectivity index (χ1) is 10.1. The maximum Gasteiger partial charge on any atom is 0.256 e. The number of hydrogen-bond acceptors (Lipinski definition) is 3. The number of nitrogens with one attached hydrogen (secondary N) is 1. The molecule has 0 radical (unpaired) electrons. The molecular formula is C17H17N3O. The molecule has 0 unspecified atom stereocenters. The molecule has 1 aromatic heterocycles. The lowest BCUT2D eigenvalue weighted by Crippen LogP contribution is -2.14. The summed E-state index contributed by atoms with van der Waals surface area (Å²) in [5, 5.41) is 2.85. The largest absolute Gasteiger partial charge is 0.321 e. The van der Waals surface area contributed by atoms with Crippen molar-refractivity contribution in [3.05, 3.63) is 58.9 Å². The molecule has 2 aromatic rings. The van der Waals surface area contributed by atoms with E-state index in [4.69, 9.17) is 5.73 Å². The van der Waals surface area contributed by atoms with Crippen LogP contribution in [0.15, 0.2) is 36.7 Å². The Morgan fingerprint density at radius 1 is 1.29 bits per heavy atom. The molecule has 1 aromatic carbocycles. The molecule has 21 heavy (non-hydrogen) atoms. The van der Waals surface area contributed by atoms with E-state index in [9.17, 15) is 4.79 Å². The third kappa shape index (κ3) is 3.91. The average Bonchev–Trinajstić information content (AvgIpc) is 2.46. The van der Waals surface area contributed by atoms with Gasteiger partial charge in [-0.15, -0.1) is 0 Å². The van der Waals surface area contributed by atoms with Crippen LogP contribution >= 0.6 is 0 Å². The molecular weight excluding hydrogens is 262 g/mol. The monoisotopic (exact) mass is 279 g/mol. The van der Waals surface area contributed by atoms with Crippen molar-refractivity contribution in [2.45, 2.75) is 13.8 Å². The zero-order valence-electron chi connectivity index (χ0n) is 12.1. The topological polar surface area (TPSA) is 68.0 Å². The summed E-state index contributed by atoms with van der Waals surface area (Å²) < 4.78 is 0. The van der Waals surface area contributed by atoms with Gasteiger partial charge in [0.15, 0.2) is 0 Å². The highest BCUT2D eigenvalue weighted by Gasteiger charge is 2.10. The van der Waals surface area contributed by atoms with Crippen LogP contribution < -0.4 is 11.1 Å².